The molecule has 5 rings (SSSR count). The number of nitrogens with zero attached hydrogens (tertiary/aromatic N) is 2. The zero-order valence-electron chi connectivity index (χ0n) is 14.4. The van der Waals surface area contributed by atoms with Gasteiger partial charge >= 0.3 is 0 Å². The Hall–Kier alpha value is -3.48. The maximum Gasteiger partial charge on any atom is 0.190 e. The van der Waals surface area contributed by atoms with E-state index in [2.05, 4.69) is 64.4 Å². The van der Waals surface area contributed by atoms with E-state index in [1.165, 1.54) is 25.7 Å². The number of hydrogen-bond donors (Lipinski definition) is 0. The van der Waals surface area contributed by atoms with Gasteiger partial charge in [-0.15, -0.1) is 11.3 Å². The zero-order valence-corrected chi connectivity index (χ0v) is 15.2. The van der Waals surface area contributed by atoms with Crippen LogP contribution >= 0.6 is 11.3 Å². The first-order chi connectivity index (χ1) is 13.3. The second-order valence-corrected chi connectivity index (χ2v) is 7.48. The van der Waals surface area contributed by atoms with Crippen LogP contribution in [-0.2, 0) is 0 Å². The number of pyridine rings is 1. The van der Waals surface area contributed by atoms with E-state index in [-0.39, 0.29) is 0 Å². The van der Waals surface area contributed by atoms with Crippen LogP contribution in [0.5, 0.6) is 0 Å². The third-order valence-electron chi connectivity index (χ3n) is 4.74. The fourth-order valence-electron chi connectivity index (χ4n) is 3.41. The fraction of sp³-hybridized carbons (Fsp3) is 0. The summed E-state index contributed by atoms with van der Waals surface area (Å²) >= 11 is 1.83. The van der Waals surface area contributed by atoms with Crippen LogP contribution in [0.4, 0.5) is 5.69 Å². The van der Waals surface area contributed by atoms with Crippen LogP contribution < -0.4 is 0 Å². The zero-order chi connectivity index (χ0) is 18.2. The molecule has 0 unspecified atom stereocenters. The molecule has 0 saturated heterocycles. The van der Waals surface area contributed by atoms with E-state index in [1.54, 1.807) is 12.3 Å². The molecule has 0 aliphatic rings. The van der Waals surface area contributed by atoms with Gasteiger partial charge in [0.2, 0.25) is 0 Å². The van der Waals surface area contributed by atoms with Gasteiger partial charge in [0.15, 0.2) is 5.69 Å². The lowest BCUT2D eigenvalue weighted by molar-refractivity contribution is 1.33. The molecule has 0 amide bonds. The van der Waals surface area contributed by atoms with E-state index in [0.717, 1.165) is 16.8 Å². The maximum atomic E-state index is 7.20. The second kappa shape index (κ2) is 6.35. The van der Waals surface area contributed by atoms with Gasteiger partial charge in [0, 0.05) is 26.4 Å². The van der Waals surface area contributed by atoms with Crippen molar-refractivity contribution < 1.29 is 0 Å². The minimum atomic E-state index is 0.608. The lowest BCUT2D eigenvalue weighted by Crippen LogP contribution is -1.84. The molecule has 126 valence electrons. The molecule has 0 saturated carbocycles. The Morgan fingerprint density at radius 3 is 2.44 bits per heavy atom. The molecule has 0 N–H and O–H groups in total. The highest BCUT2D eigenvalue weighted by Crippen LogP contribution is 2.36. The first kappa shape index (κ1) is 15.7. The summed E-state index contributed by atoms with van der Waals surface area (Å²) in [4.78, 5) is 7.93. The molecular formula is C24H14N2S. The summed E-state index contributed by atoms with van der Waals surface area (Å²) in [5, 5.41) is 2.62. The standard InChI is InChI=1S/C24H14N2S/c1-25-19-11-12-26-22(15-19)18-6-4-5-16(13-18)17-9-10-21-20-7-2-3-8-23(20)27-24(21)14-17/h2-15H. The van der Waals surface area contributed by atoms with Crippen LogP contribution in [0.2, 0.25) is 0 Å². The van der Waals surface area contributed by atoms with Crippen molar-refractivity contribution in [2.45, 2.75) is 0 Å². The molecule has 3 aromatic carbocycles. The lowest BCUT2D eigenvalue weighted by atomic mass is 10.0. The fourth-order valence-corrected chi connectivity index (χ4v) is 4.56. The Kier molecular flexibility index (Phi) is 3.71. The minimum Gasteiger partial charge on any atom is -0.259 e. The smallest absolute Gasteiger partial charge is 0.190 e. The molecule has 2 nitrogen and oxygen atoms in total. The summed E-state index contributed by atoms with van der Waals surface area (Å²) < 4.78 is 2.62. The van der Waals surface area contributed by atoms with Gasteiger partial charge in [-0.2, -0.15) is 0 Å². The van der Waals surface area contributed by atoms with E-state index in [1.807, 2.05) is 29.5 Å². The van der Waals surface area contributed by atoms with Gasteiger partial charge in [-0.25, -0.2) is 4.85 Å². The van der Waals surface area contributed by atoms with Gasteiger partial charge in [0.05, 0.1) is 12.3 Å². The van der Waals surface area contributed by atoms with Crippen molar-refractivity contribution in [1.29, 1.82) is 0 Å². The number of thiophene rings is 1. The van der Waals surface area contributed by atoms with E-state index < -0.39 is 0 Å². The number of benzene rings is 3. The second-order valence-electron chi connectivity index (χ2n) is 6.40. The van der Waals surface area contributed by atoms with Crippen molar-refractivity contribution in [3.05, 3.63) is 96.5 Å². The lowest BCUT2D eigenvalue weighted by Gasteiger charge is -2.06. The molecule has 2 heterocycles. The highest BCUT2D eigenvalue weighted by molar-refractivity contribution is 7.25. The molecule has 0 bridgehead atoms. The maximum absolute atomic E-state index is 7.20. The van der Waals surface area contributed by atoms with Crippen LogP contribution in [0.25, 0.3) is 47.4 Å². The van der Waals surface area contributed by atoms with Crippen molar-refractivity contribution in [2.75, 3.05) is 0 Å². The van der Waals surface area contributed by atoms with Gasteiger partial charge in [-0.05, 0) is 47.0 Å². The quantitative estimate of drug-likeness (QED) is 0.300. The predicted molar refractivity (Wildman–Crippen MR) is 114 cm³/mol. The van der Waals surface area contributed by atoms with Gasteiger partial charge < -0.3 is 0 Å². The van der Waals surface area contributed by atoms with Gasteiger partial charge in [0.1, 0.15) is 0 Å². The number of aromatic nitrogens is 1. The Bertz CT molecular complexity index is 1340. The van der Waals surface area contributed by atoms with Crippen molar-refractivity contribution in [3.63, 3.8) is 0 Å². The first-order valence-corrected chi connectivity index (χ1v) is 9.49. The molecular weight excluding hydrogens is 348 g/mol. The molecule has 0 atom stereocenters. The first-order valence-electron chi connectivity index (χ1n) is 8.67. The van der Waals surface area contributed by atoms with E-state index in [9.17, 15) is 0 Å². The Balaban J connectivity index is 1.62. The van der Waals surface area contributed by atoms with E-state index >= 15 is 0 Å². The number of rotatable bonds is 2. The van der Waals surface area contributed by atoms with Crippen molar-refractivity contribution in [3.8, 4) is 22.4 Å². The van der Waals surface area contributed by atoms with E-state index in [4.69, 9.17) is 6.57 Å². The molecule has 27 heavy (non-hydrogen) atoms. The number of fused-ring (bicyclic) bond motifs is 3. The summed E-state index contributed by atoms with van der Waals surface area (Å²) in [6.07, 6.45) is 1.69. The van der Waals surface area contributed by atoms with Crippen LogP contribution in [0.1, 0.15) is 0 Å². The van der Waals surface area contributed by atoms with Crippen LogP contribution in [0.15, 0.2) is 85.1 Å². The molecule has 5 aromatic rings. The van der Waals surface area contributed by atoms with Gasteiger partial charge in [-0.1, -0.05) is 48.5 Å². The Morgan fingerprint density at radius 1 is 0.704 bits per heavy atom. The van der Waals surface area contributed by atoms with Crippen molar-refractivity contribution in [1.82, 2.24) is 4.98 Å². The molecule has 0 radical (unpaired) electrons. The van der Waals surface area contributed by atoms with Gasteiger partial charge in [-0.3, -0.25) is 4.98 Å². The molecule has 0 fully saturated rings. The molecule has 0 aliphatic heterocycles. The van der Waals surface area contributed by atoms with E-state index in [0.29, 0.717) is 5.69 Å². The predicted octanol–water partition coefficient (Wildman–Crippen LogP) is 7.33. The highest BCUT2D eigenvalue weighted by atomic mass is 32.1. The van der Waals surface area contributed by atoms with Crippen LogP contribution in [0, 0.1) is 6.57 Å². The number of hydrogen-bond acceptors (Lipinski definition) is 2. The molecule has 3 heteroatoms. The summed E-state index contributed by atoms with van der Waals surface area (Å²) in [5.74, 6) is 0. The monoisotopic (exact) mass is 362 g/mol. The summed E-state index contributed by atoms with van der Waals surface area (Å²) in [5.41, 5.74) is 4.80. The average Bonchev–Trinajstić information content (AvgIpc) is 3.11. The normalized spacial score (nSPS) is 10.9. The third-order valence-corrected chi connectivity index (χ3v) is 5.88. The summed E-state index contributed by atoms with van der Waals surface area (Å²) in [6, 6.07) is 27.1. The molecule has 2 aromatic heterocycles. The largest absolute Gasteiger partial charge is 0.259 e. The van der Waals surface area contributed by atoms with Gasteiger partial charge in [0.25, 0.3) is 0 Å². The van der Waals surface area contributed by atoms with Crippen LogP contribution in [0.3, 0.4) is 0 Å². The SMILES string of the molecule is [C-]#[N+]c1ccnc(-c2cccc(-c3ccc4c(c3)sc3ccccc34)c2)c1. The highest BCUT2D eigenvalue weighted by Gasteiger charge is 2.08. The molecule has 0 aliphatic carbocycles. The summed E-state index contributed by atoms with van der Waals surface area (Å²) in [7, 11) is 0. The topological polar surface area (TPSA) is 17.2 Å². The average molecular weight is 362 g/mol. The van der Waals surface area contributed by atoms with Crippen molar-refractivity contribution >= 4 is 37.2 Å². The Morgan fingerprint density at radius 2 is 1.52 bits per heavy atom. The Labute approximate surface area is 161 Å². The third kappa shape index (κ3) is 2.77. The minimum absolute atomic E-state index is 0.608. The van der Waals surface area contributed by atoms with Crippen molar-refractivity contribution in [2.24, 2.45) is 0 Å². The summed E-state index contributed by atoms with van der Waals surface area (Å²) in [6.45, 7) is 7.20. The van der Waals surface area contributed by atoms with Crippen LogP contribution in [-0.4, -0.2) is 4.98 Å². The molecule has 0 spiro atoms.